The Balaban J connectivity index is 2.22. The largest absolute Gasteiger partial charge is 0.469 e. The Morgan fingerprint density at radius 3 is 2.87 bits per heavy atom. The van der Waals surface area contributed by atoms with Crippen LogP contribution in [0.3, 0.4) is 0 Å². The molecule has 0 spiro atoms. The maximum absolute atomic E-state index is 11.3. The minimum absolute atomic E-state index is 0.0681. The molecule has 1 rings (SSSR count). The Bertz CT molecular complexity index is 205. The van der Waals surface area contributed by atoms with E-state index < -0.39 is 0 Å². The summed E-state index contributed by atoms with van der Waals surface area (Å²) in [6.07, 6.45) is 2.63. The number of hydrogen-bond acceptors (Lipinski definition) is 4. The number of nitrogens with one attached hydrogen (secondary N) is 1. The molecule has 3 atom stereocenters. The number of methoxy groups -OCH3 is 1. The van der Waals surface area contributed by atoms with Gasteiger partial charge < -0.3 is 10.1 Å². The first-order chi connectivity index (χ1) is 7.15. The first-order valence-corrected chi connectivity index (χ1v) is 6.63. The van der Waals surface area contributed by atoms with E-state index in [1.165, 1.54) is 25.7 Å². The van der Waals surface area contributed by atoms with Gasteiger partial charge in [-0.3, -0.25) is 4.79 Å². The molecule has 0 radical (unpaired) electrons. The topological polar surface area (TPSA) is 38.3 Å². The van der Waals surface area contributed by atoms with Crippen LogP contribution in [0.25, 0.3) is 0 Å². The second-order valence-corrected chi connectivity index (χ2v) is 5.55. The van der Waals surface area contributed by atoms with Crippen molar-refractivity contribution in [1.82, 2.24) is 5.32 Å². The molecule has 1 aliphatic rings. The lowest BCUT2D eigenvalue weighted by Crippen LogP contribution is -2.39. The molecular weight excluding hydrogens is 210 g/mol. The highest BCUT2D eigenvalue weighted by molar-refractivity contribution is 8.00. The lowest BCUT2D eigenvalue weighted by molar-refractivity contribution is -0.145. The Morgan fingerprint density at radius 2 is 2.33 bits per heavy atom. The third-order valence-corrected chi connectivity index (χ3v) is 4.41. The third-order valence-electron chi connectivity index (χ3n) is 3.01. The van der Waals surface area contributed by atoms with Crippen LogP contribution in [0.5, 0.6) is 0 Å². The van der Waals surface area contributed by atoms with Gasteiger partial charge in [0, 0.05) is 17.8 Å². The van der Waals surface area contributed by atoms with Crippen LogP contribution in [0.15, 0.2) is 0 Å². The first kappa shape index (κ1) is 12.8. The van der Waals surface area contributed by atoms with E-state index in [1.54, 1.807) is 0 Å². The van der Waals surface area contributed by atoms with Crippen molar-refractivity contribution >= 4 is 17.7 Å². The molecule has 1 fully saturated rings. The van der Waals surface area contributed by atoms with Crippen molar-refractivity contribution in [2.24, 2.45) is 5.92 Å². The molecule has 0 aliphatic carbocycles. The van der Waals surface area contributed by atoms with Gasteiger partial charge >= 0.3 is 5.97 Å². The second-order valence-electron chi connectivity index (χ2n) is 4.14. The highest BCUT2D eigenvalue weighted by Crippen LogP contribution is 2.25. The summed E-state index contributed by atoms with van der Waals surface area (Å²) in [5, 5.41) is 4.15. The molecule has 0 amide bonds. The van der Waals surface area contributed by atoms with Gasteiger partial charge in [0.2, 0.25) is 0 Å². The number of thioether (sulfide) groups is 1. The summed E-state index contributed by atoms with van der Waals surface area (Å²) in [7, 11) is 1.44. The maximum atomic E-state index is 11.3. The van der Waals surface area contributed by atoms with Crippen molar-refractivity contribution < 1.29 is 9.53 Å². The number of rotatable bonds is 5. The fourth-order valence-corrected chi connectivity index (χ4v) is 2.90. The van der Waals surface area contributed by atoms with E-state index in [0.29, 0.717) is 0 Å². The summed E-state index contributed by atoms with van der Waals surface area (Å²) >= 11 is 2.03. The molecule has 4 heteroatoms. The third kappa shape index (κ3) is 4.03. The molecule has 0 aromatic carbocycles. The van der Waals surface area contributed by atoms with Gasteiger partial charge in [0.25, 0.3) is 0 Å². The molecule has 1 N–H and O–H groups in total. The molecule has 1 aliphatic heterocycles. The van der Waals surface area contributed by atoms with Crippen LogP contribution in [0.4, 0.5) is 0 Å². The average Bonchev–Trinajstić information content (AvgIpc) is 2.76. The van der Waals surface area contributed by atoms with E-state index in [0.717, 1.165) is 11.8 Å². The van der Waals surface area contributed by atoms with Crippen molar-refractivity contribution in [2.45, 2.75) is 38.0 Å². The smallest absolute Gasteiger partial charge is 0.309 e. The van der Waals surface area contributed by atoms with Gasteiger partial charge in [-0.25, -0.2) is 0 Å². The average molecular weight is 231 g/mol. The Morgan fingerprint density at radius 1 is 1.60 bits per heavy atom. The highest BCUT2D eigenvalue weighted by atomic mass is 32.2. The predicted octanol–water partition coefficient (Wildman–Crippen LogP) is 1.67. The minimum atomic E-state index is -0.130. The van der Waals surface area contributed by atoms with Crippen molar-refractivity contribution in [1.29, 1.82) is 0 Å². The summed E-state index contributed by atoms with van der Waals surface area (Å²) in [6, 6.07) is 0.193. The molecule has 15 heavy (non-hydrogen) atoms. The van der Waals surface area contributed by atoms with E-state index in [2.05, 4.69) is 5.32 Å². The van der Waals surface area contributed by atoms with E-state index in [1.807, 2.05) is 25.6 Å². The van der Waals surface area contributed by atoms with Crippen LogP contribution in [-0.4, -0.2) is 36.7 Å². The zero-order valence-corrected chi connectivity index (χ0v) is 10.6. The Kier molecular flexibility index (Phi) is 5.47. The summed E-state index contributed by atoms with van der Waals surface area (Å²) in [6.45, 7) is 4.96. The quantitative estimate of drug-likeness (QED) is 0.731. The number of esters is 1. The first-order valence-electron chi connectivity index (χ1n) is 5.58. The van der Waals surface area contributed by atoms with Crippen molar-refractivity contribution in [2.75, 3.05) is 19.4 Å². The zero-order chi connectivity index (χ0) is 11.3. The van der Waals surface area contributed by atoms with Crippen molar-refractivity contribution in [3.05, 3.63) is 0 Å². The normalized spacial score (nSPS) is 24.9. The lowest BCUT2D eigenvalue weighted by Gasteiger charge is -2.21. The molecule has 3 nitrogen and oxygen atoms in total. The fraction of sp³-hybridized carbons (Fsp3) is 0.909. The number of carbonyl (C=O) groups excluding carboxylic acids is 1. The van der Waals surface area contributed by atoms with Gasteiger partial charge in [0.1, 0.15) is 0 Å². The predicted molar refractivity (Wildman–Crippen MR) is 64.1 cm³/mol. The van der Waals surface area contributed by atoms with E-state index in [-0.39, 0.29) is 17.9 Å². The minimum Gasteiger partial charge on any atom is -0.469 e. The Labute approximate surface area is 96.3 Å². The van der Waals surface area contributed by atoms with Crippen molar-refractivity contribution in [3.8, 4) is 0 Å². The molecular formula is C11H21NO2S. The Hall–Kier alpha value is -0.220. The van der Waals surface area contributed by atoms with Gasteiger partial charge in [-0.05, 0) is 25.5 Å². The summed E-state index contributed by atoms with van der Waals surface area (Å²) in [5.74, 6) is 1.09. The molecule has 1 saturated heterocycles. The number of carbonyl (C=O) groups is 1. The van der Waals surface area contributed by atoms with Gasteiger partial charge in [0.15, 0.2) is 0 Å². The van der Waals surface area contributed by atoms with Crippen LogP contribution in [0.2, 0.25) is 0 Å². The van der Waals surface area contributed by atoms with Gasteiger partial charge in [-0.1, -0.05) is 6.92 Å². The molecule has 0 aromatic heterocycles. The van der Waals surface area contributed by atoms with Crippen LogP contribution in [-0.2, 0) is 9.53 Å². The standard InChI is InChI=1S/C11H21NO2S/c1-8(11(13)14-3)9(2)12-7-10-5-4-6-15-10/h8-10,12H,4-7H2,1-3H3. The van der Waals surface area contributed by atoms with E-state index in [4.69, 9.17) is 4.74 Å². The summed E-state index contributed by atoms with van der Waals surface area (Å²) in [5.41, 5.74) is 0. The molecule has 0 saturated carbocycles. The molecule has 0 aromatic rings. The number of ether oxygens (including phenoxy) is 1. The molecule has 88 valence electrons. The number of hydrogen-bond donors (Lipinski definition) is 1. The summed E-state index contributed by atoms with van der Waals surface area (Å²) < 4.78 is 4.72. The molecule has 3 unspecified atom stereocenters. The summed E-state index contributed by atoms with van der Waals surface area (Å²) in [4.78, 5) is 11.3. The molecule has 0 bridgehead atoms. The van der Waals surface area contributed by atoms with Crippen LogP contribution in [0, 0.1) is 5.92 Å². The van der Waals surface area contributed by atoms with Crippen molar-refractivity contribution in [3.63, 3.8) is 0 Å². The van der Waals surface area contributed by atoms with E-state index >= 15 is 0 Å². The van der Waals surface area contributed by atoms with Crippen LogP contribution >= 0.6 is 11.8 Å². The SMILES string of the molecule is COC(=O)C(C)C(C)NCC1CCCS1. The second kappa shape index (κ2) is 6.38. The monoisotopic (exact) mass is 231 g/mol. The maximum Gasteiger partial charge on any atom is 0.309 e. The van der Waals surface area contributed by atoms with E-state index in [9.17, 15) is 4.79 Å². The fourth-order valence-electron chi connectivity index (χ4n) is 1.69. The van der Waals surface area contributed by atoms with Gasteiger partial charge in [-0.2, -0.15) is 11.8 Å². The molecule has 1 heterocycles. The van der Waals surface area contributed by atoms with Gasteiger partial charge in [-0.15, -0.1) is 0 Å². The van der Waals surface area contributed by atoms with Crippen LogP contribution in [0.1, 0.15) is 26.7 Å². The van der Waals surface area contributed by atoms with Crippen LogP contribution < -0.4 is 5.32 Å². The van der Waals surface area contributed by atoms with Gasteiger partial charge in [0.05, 0.1) is 13.0 Å². The zero-order valence-electron chi connectivity index (χ0n) is 9.79. The highest BCUT2D eigenvalue weighted by Gasteiger charge is 2.22. The lowest BCUT2D eigenvalue weighted by atomic mass is 10.0.